The average Bonchev–Trinajstić information content (AvgIpc) is 2.87. The summed E-state index contributed by atoms with van der Waals surface area (Å²) in [6.45, 7) is 5.52. The summed E-state index contributed by atoms with van der Waals surface area (Å²) in [5, 5.41) is 12.6. The Bertz CT molecular complexity index is 275. The van der Waals surface area contributed by atoms with E-state index in [9.17, 15) is 0 Å². The molecule has 4 nitrogen and oxygen atoms in total. The van der Waals surface area contributed by atoms with Crippen molar-refractivity contribution in [2.24, 2.45) is 0 Å². The lowest BCUT2D eigenvalue weighted by atomic mass is 10.2. The van der Waals surface area contributed by atoms with E-state index < -0.39 is 0 Å². The molecule has 1 atom stereocenters. The third-order valence-corrected chi connectivity index (χ3v) is 3.50. The predicted molar refractivity (Wildman–Crippen MR) is 63.4 cm³/mol. The van der Waals surface area contributed by atoms with Crippen LogP contribution < -0.4 is 10.2 Å². The van der Waals surface area contributed by atoms with Crippen molar-refractivity contribution in [3.8, 4) is 0 Å². The zero-order valence-corrected chi connectivity index (χ0v) is 9.96. The van der Waals surface area contributed by atoms with Crippen LogP contribution in [-0.4, -0.2) is 35.9 Å². The Kier molecular flexibility index (Phi) is 3.91. The molecule has 0 saturated carbocycles. The van der Waals surface area contributed by atoms with Gasteiger partial charge >= 0.3 is 0 Å². The monoisotopic (exact) mass is 226 g/mol. The Labute approximate surface area is 94.7 Å². The average molecular weight is 226 g/mol. The van der Waals surface area contributed by atoms with Crippen molar-refractivity contribution in [3.05, 3.63) is 5.51 Å². The van der Waals surface area contributed by atoms with E-state index in [0.717, 1.165) is 24.8 Å². The maximum absolute atomic E-state index is 4.14. The molecular weight excluding hydrogens is 208 g/mol. The predicted octanol–water partition coefficient (Wildman–Crippen LogP) is 1.51. The first-order valence-electron chi connectivity index (χ1n) is 5.65. The summed E-state index contributed by atoms with van der Waals surface area (Å²) in [5.74, 6) is 0. The maximum atomic E-state index is 4.14. The molecule has 1 fully saturated rings. The van der Waals surface area contributed by atoms with E-state index in [1.165, 1.54) is 19.3 Å². The number of anilines is 1. The van der Waals surface area contributed by atoms with E-state index in [2.05, 4.69) is 27.3 Å². The summed E-state index contributed by atoms with van der Waals surface area (Å²) in [4.78, 5) is 2.39. The first-order valence-corrected chi connectivity index (χ1v) is 6.53. The highest BCUT2D eigenvalue weighted by atomic mass is 32.1. The maximum Gasteiger partial charge on any atom is 0.208 e. The molecule has 0 spiro atoms. The fourth-order valence-electron chi connectivity index (χ4n) is 2.04. The Hall–Kier alpha value is -0.680. The van der Waals surface area contributed by atoms with Crippen LogP contribution in [0, 0.1) is 0 Å². The fraction of sp³-hybridized carbons (Fsp3) is 0.800. The number of hydrogen-bond donors (Lipinski definition) is 1. The quantitative estimate of drug-likeness (QED) is 0.773. The van der Waals surface area contributed by atoms with Gasteiger partial charge in [-0.25, -0.2) is 0 Å². The minimum Gasteiger partial charge on any atom is -0.342 e. The molecule has 5 heteroatoms. The zero-order valence-electron chi connectivity index (χ0n) is 9.15. The lowest BCUT2D eigenvalue weighted by Gasteiger charge is -2.23. The van der Waals surface area contributed by atoms with E-state index in [1.54, 1.807) is 11.3 Å². The molecule has 2 rings (SSSR count). The zero-order chi connectivity index (χ0) is 10.5. The molecule has 0 aliphatic carbocycles. The summed E-state index contributed by atoms with van der Waals surface area (Å²) in [7, 11) is 0. The Balaban J connectivity index is 1.88. The van der Waals surface area contributed by atoms with Crippen molar-refractivity contribution in [1.29, 1.82) is 0 Å². The molecule has 1 unspecified atom stereocenters. The largest absolute Gasteiger partial charge is 0.342 e. The van der Waals surface area contributed by atoms with Crippen molar-refractivity contribution in [3.63, 3.8) is 0 Å². The third-order valence-electron chi connectivity index (χ3n) is 2.78. The molecule has 1 saturated heterocycles. The van der Waals surface area contributed by atoms with Crippen LogP contribution in [0.15, 0.2) is 5.51 Å². The number of nitrogens with one attached hydrogen (secondary N) is 1. The van der Waals surface area contributed by atoms with Gasteiger partial charge in [-0.2, -0.15) is 0 Å². The van der Waals surface area contributed by atoms with Crippen LogP contribution in [0.2, 0.25) is 0 Å². The van der Waals surface area contributed by atoms with Gasteiger partial charge in [-0.1, -0.05) is 18.3 Å². The second-order valence-electron chi connectivity index (χ2n) is 3.91. The molecule has 84 valence electrons. The smallest absolute Gasteiger partial charge is 0.208 e. The van der Waals surface area contributed by atoms with Crippen molar-refractivity contribution >= 4 is 16.5 Å². The van der Waals surface area contributed by atoms with Crippen molar-refractivity contribution in [2.75, 3.05) is 24.5 Å². The lowest BCUT2D eigenvalue weighted by Crippen LogP contribution is -2.38. The normalized spacial score (nSPS) is 21.1. The van der Waals surface area contributed by atoms with Gasteiger partial charge in [0.25, 0.3) is 0 Å². The minimum atomic E-state index is 0.615. The van der Waals surface area contributed by atoms with Gasteiger partial charge in [-0.3, -0.25) is 0 Å². The summed E-state index contributed by atoms with van der Waals surface area (Å²) in [6.07, 6.45) is 3.75. The van der Waals surface area contributed by atoms with E-state index in [0.29, 0.717) is 6.04 Å². The van der Waals surface area contributed by atoms with E-state index in [-0.39, 0.29) is 0 Å². The van der Waals surface area contributed by atoms with Gasteiger partial charge in [-0.05, 0) is 25.8 Å². The summed E-state index contributed by atoms with van der Waals surface area (Å²) >= 11 is 1.64. The Morgan fingerprint density at radius 2 is 2.60 bits per heavy atom. The van der Waals surface area contributed by atoms with Gasteiger partial charge in [0.15, 0.2) is 0 Å². The second-order valence-corrected chi connectivity index (χ2v) is 4.73. The topological polar surface area (TPSA) is 41.0 Å². The van der Waals surface area contributed by atoms with Crippen LogP contribution in [0.1, 0.15) is 26.2 Å². The molecule has 0 amide bonds. The fourth-order valence-corrected chi connectivity index (χ4v) is 2.70. The molecule has 1 aromatic heterocycles. The number of aromatic nitrogens is 2. The first-order chi connectivity index (χ1) is 7.42. The molecule has 0 radical (unpaired) electrons. The second kappa shape index (κ2) is 5.42. The van der Waals surface area contributed by atoms with Gasteiger partial charge in [-0.15, -0.1) is 10.2 Å². The Morgan fingerprint density at radius 3 is 3.33 bits per heavy atom. The van der Waals surface area contributed by atoms with Crippen LogP contribution in [0.4, 0.5) is 5.13 Å². The summed E-state index contributed by atoms with van der Waals surface area (Å²) < 4.78 is 0. The van der Waals surface area contributed by atoms with Crippen LogP contribution in [-0.2, 0) is 0 Å². The highest BCUT2D eigenvalue weighted by Gasteiger charge is 2.25. The number of hydrogen-bond acceptors (Lipinski definition) is 5. The molecule has 1 aliphatic heterocycles. The van der Waals surface area contributed by atoms with E-state index in [4.69, 9.17) is 0 Å². The Morgan fingerprint density at radius 1 is 1.67 bits per heavy atom. The molecule has 0 aromatic carbocycles. The highest BCUT2D eigenvalue weighted by molar-refractivity contribution is 7.13. The molecule has 1 aliphatic rings. The van der Waals surface area contributed by atoms with E-state index in [1.807, 2.05) is 5.51 Å². The van der Waals surface area contributed by atoms with Crippen molar-refractivity contribution in [1.82, 2.24) is 15.5 Å². The van der Waals surface area contributed by atoms with Crippen molar-refractivity contribution in [2.45, 2.75) is 32.2 Å². The molecule has 1 N–H and O–H groups in total. The third kappa shape index (κ3) is 2.66. The standard InChI is InChI=1S/C10H18N4S/c1-2-5-11-7-9-4-3-6-14(9)10-13-12-8-15-10/h8-9,11H,2-7H2,1H3. The number of rotatable bonds is 5. The van der Waals surface area contributed by atoms with Crippen LogP contribution in [0.3, 0.4) is 0 Å². The van der Waals surface area contributed by atoms with Crippen LogP contribution >= 0.6 is 11.3 Å². The van der Waals surface area contributed by atoms with Crippen LogP contribution in [0.5, 0.6) is 0 Å². The molecule has 0 bridgehead atoms. The highest BCUT2D eigenvalue weighted by Crippen LogP contribution is 2.25. The van der Waals surface area contributed by atoms with Gasteiger partial charge in [0.05, 0.1) is 0 Å². The molecule has 15 heavy (non-hydrogen) atoms. The summed E-state index contributed by atoms with van der Waals surface area (Å²) in [6, 6.07) is 0.615. The summed E-state index contributed by atoms with van der Waals surface area (Å²) in [5.41, 5.74) is 1.81. The van der Waals surface area contributed by atoms with Gasteiger partial charge < -0.3 is 10.2 Å². The van der Waals surface area contributed by atoms with Gasteiger partial charge in [0.2, 0.25) is 5.13 Å². The van der Waals surface area contributed by atoms with E-state index >= 15 is 0 Å². The molecular formula is C10H18N4S. The van der Waals surface area contributed by atoms with Crippen LogP contribution in [0.25, 0.3) is 0 Å². The number of nitrogens with zero attached hydrogens (tertiary/aromatic N) is 3. The minimum absolute atomic E-state index is 0.615. The first kappa shape index (κ1) is 10.8. The molecule has 1 aromatic rings. The molecule has 2 heterocycles. The SMILES string of the molecule is CCCNCC1CCCN1c1nncs1. The van der Waals surface area contributed by atoms with Crippen molar-refractivity contribution < 1.29 is 0 Å². The lowest BCUT2D eigenvalue weighted by molar-refractivity contribution is 0.569. The van der Waals surface area contributed by atoms with Gasteiger partial charge in [0, 0.05) is 19.1 Å². The van der Waals surface area contributed by atoms with Gasteiger partial charge in [0.1, 0.15) is 5.51 Å².